The molecule has 0 amide bonds. The van der Waals surface area contributed by atoms with Crippen LogP contribution in [0.15, 0.2) is 36.5 Å². The minimum atomic E-state index is 0. The zero-order chi connectivity index (χ0) is 12.4. The first-order valence-electron chi connectivity index (χ1n) is 6.61. The molecule has 0 spiro atoms. The first-order valence-corrected chi connectivity index (χ1v) is 6.61. The van der Waals surface area contributed by atoms with Crippen LogP contribution in [0.1, 0.15) is 29.4 Å². The fraction of sp³-hybridized carbons (Fsp3) is 0.400. The quantitative estimate of drug-likeness (QED) is 0.943. The first-order chi connectivity index (χ1) is 8.84. The van der Waals surface area contributed by atoms with E-state index in [2.05, 4.69) is 52.1 Å². The number of nitrogens with zero attached hydrogens (tertiary/aromatic N) is 2. The lowest BCUT2D eigenvalue weighted by Gasteiger charge is -2.14. The second kappa shape index (κ2) is 7.67. The minimum Gasteiger partial charge on any atom is -0.328 e. The van der Waals surface area contributed by atoms with E-state index >= 15 is 0 Å². The first kappa shape index (κ1) is 17.0. The molecule has 1 aliphatic rings. The summed E-state index contributed by atoms with van der Waals surface area (Å²) in [6.07, 6.45) is 3.20. The molecule has 0 bridgehead atoms. The van der Waals surface area contributed by atoms with E-state index in [1.54, 1.807) is 0 Å². The van der Waals surface area contributed by atoms with E-state index in [9.17, 15) is 0 Å². The van der Waals surface area contributed by atoms with Gasteiger partial charge in [-0.05, 0) is 25.5 Å². The van der Waals surface area contributed by atoms with Crippen LogP contribution < -0.4 is 5.32 Å². The van der Waals surface area contributed by atoms with Gasteiger partial charge in [0.05, 0.1) is 0 Å². The van der Waals surface area contributed by atoms with Crippen molar-refractivity contribution in [2.45, 2.75) is 25.8 Å². The van der Waals surface area contributed by atoms with Crippen molar-refractivity contribution in [2.24, 2.45) is 0 Å². The van der Waals surface area contributed by atoms with Gasteiger partial charge >= 0.3 is 0 Å². The van der Waals surface area contributed by atoms with Crippen molar-refractivity contribution < 1.29 is 0 Å². The molecule has 1 unspecified atom stereocenters. The summed E-state index contributed by atoms with van der Waals surface area (Å²) in [5.41, 5.74) is 2.59. The van der Waals surface area contributed by atoms with Gasteiger partial charge < -0.3 is 9.88 Å². The van der Waals surface area contributed by atoms with Gasteiger partial charge in [0.15, 0.2) is 0 Å². The summed E-state index contributed by atoms with van der Waals surface area (Å²) in [5, 5.41) is 3.42. The third kappa shape index (κ3) is 3.54. The van der Waals surface area contributed by atoms with Gasteiger partial charge in [-0.15, -0.1) is 24.8 Å². The molecule has 0 aliphatic carbocycles. The average molecular weight is 314 g/mol. The highest BCUT2D eigenvalue weighted by Gasteiger charge is 2.22. The Labute approximate surface area is 132 Å². The summed E-state index contributed by atoms with van der Waals surface area (Å²) in [4.78, 5) is 4.62. The van der Waals surface area contributed by atoms with Gasteiger partial charge in [-0.2, -0.15) is 0 Å². The molecule has 110 valence electrons. The standard InChI is InChI=1S/C15H19N3.2ClH/c1-12-9-17-15(14-7-8-16-10-14)18(12)11-13-5-3-2-4-6-13;;/h2-6,9,14,16H,7-8,10-11H2,1H3;2*1H. The van der Waals surface area contributed by atoms with Crippen molar-refractivity contribution >= 4 is 24.8 Å². The second-order valence-electron chi connectivity index (χ2n) is 5.02. The van der Waals surface area contributed by atoms with E-state index in [0.717, 1.165) is 19.6 Å². The number of halogens is 2. The Kier molecular flexibility index (Phi) is 6.53. The molecule has 0 saturated carbocycles. The summed E-state index contributed by atoms with van der Waals surface area (Å²) in [5.74, 6) is 1.81. The van der Waals surface area contributed by atoms with Crippen LogP contribution in [0.4, 0.5) is 0 Å². The number of hydrogen-bond donors (Lipinski definition) is 1. The van der Waals surface area contributed by atoms with Crippen molar-refractivity contribution in [3.8, 4) is 0 Å². The van der Waals surface area contributed by atoms with E-state index in [4.69, 9.17) is 0 Å². The lowest BCUT2D eigenvalue weighted by Crippen LogP contribution is -2.14. The van der Waals surface area contributed by atoms with Crippen molar-refractivity contribution in [1.29, 1.82) is 0 Å². The van der Waals surface area contributed by atoms with E-state index in [-0.39, 0.29) is 24.8 Å². The fourth-order valence-electron chi connectivity index (χ4n) is 2.65. The lowest BCUT2D eigenvalue weighted by molar-refractivity contribution is 0.624. The van der Waals surface area contributed by atoms with E-state index in [0.29, 0.717) is 5.92 Å². The third-order valence-corrected chi connectivity index (χ3v) is 3.69. The Morgan fingerprint density at radius 3 is 2.65 bits per heavy atom. The number of rotatable bonds is 3. The molecule has 1 atom stereocenters. The maximum atomic E-state index is 4.62. The van der Waals surface area contributed by atoms with Crippen molar-refractivity contribution in [3.63, 3.8) is 0 Å². The Balaban J connectivity index is 0.000001000. The van der Waals surface area contributed by atoms with Crippen LogP contribution in [0.25, 0.3) is 0 Å². The predicted octanol–water partition coefficient (Wildman–Crippen LogP) is 3.16. The normalized spacial score (nSPS) is 17.4. The summed E-state index contributed by atoms with van der Waals surface area (Å²) in [6.45, 7) is 5.24. The van der Waals surface area contributed by atoms with Crippen LogP contribution in [0.2, 0.25) is 0 Å². The van der Waals surface area contributed by atoms with Gasteiger partial charge in [0.25, 0.3) is 0 Å². The number of benzene rings is 1. The van der Waals surface area contributed by atoms with Gasteiger partial charge in [0, 0.05) is 30.9 Å². The van der Waals surface area contributed by atoms with Crippen LogP contribution in [0, 0.1) is 6.92 Å². The van der Waals surface area contributed by atoms with Gasteiger partial charge in [-0.3, -0.25) is 0 Å². The largest absolute Gasteiger partial charge is 0.328 e. The van der Waals surface area contributed by atoms with E-state index in [1.165, 1.54) is 23.5 Å². The minimum absolute atomic E-state index is 0. The number of aryl methyl sites for hydroxylation is 1. The van der Waals surface area contributed by atoms with Gasteiger partial charge in [0.1, 0.15) is 5.82 Å². The number of hydrogen-bond acceptors (Lipinski definition) is 2. The number of nitrogens with one attached hydrogen (secondary N) is 1. The van der Waals surface area contributed by atoms with Crippen LogP contribution >= 0.6 is 24.8 Å². The van der Waals surface area contributed by atoms with E-state index in [1.807, 2.05) is 6.20 Å². The molecule has 0 radical (unpaired) electrons. The molecule has 1 fully saturated rings. The topological polar surface area (TPSA) is 29.9 Å². The molecule has 2 heterocycles. The van der Waals surface area contributed by atoms with Gasteiger partial charge in [0.2, 0.25) is 0 Å². The zero-order valence-corrected chi connectivity index (χ0v) is 13.2. The monoisotopic (exact) mass is 313 g/mol. The SMILES string of the molecule is Cc1cnc(C2CCNC2)n1Cc1ccccc1.Cl.Cl. The fourth-order valence-corrected chi connectivity index (χ4v) is 2.65. The zero-order valence-electron chi connectivity index (χ0n) is 11.6. The van der Waals surface area contributed by atoms with Crippen molar-refractivity contribution in [2.75, 3.05) is 13.1 Å². The molecule has 1 N–H and O–H groups in total. The molecular formula is C15H21Cl2N3. The van der Waals surface area contributed by atoms with Crippen LogP contribution in [0.3, 0.4) is 0 Å². The van der Waals surface area contributed by atoms with Crippen molar-refractivity contribution in [1.82, 2.24) is 14.9 Å². The number of imidazole rings is 1. The van der Waals surface area contributed by atoms with Crippen LogP contribution in [-0.2, 0) is 6.54 Å². The summed E-state index contributed by atoms with van der Waals surface area (Å²) in [6, 6.07) is 10.6. The Hall–Kier alpha value is -1.03. The maximum absolute atomic E-state index is 4.62. The van der Waals surface area contributed by atoms with Gasteiger partial charge in [-0.25, -0.2) is 4.98 Å². The molecule has 1 aromatic carbocycles. The molecule has 5 heteroatoms. The molecule has 1 saturated heterocycles. The molecule has 20 heavy (non-hydrogen) atoms. The molecule has 1 aromatic heterocycles. The Bertz CT molecular complexity index is 519. The summed E-state index contributed by atoms with van der Waals surface area (Å²) >= 11 is 0. The Morgan fingerprint density at radius 1 is 1.25 bits per heavy atom. The van der Waals surface area contributed by atoms with Crippen LogP contribution in [0.5, 0.6) is 0 Å². The molecule has 3 nitrogen and oxygen atoms in total. The van der Waals surface area contributed by atoms with Gasteiger partial charge in [-0.1, -0.05) is 30.3 Å². The second-order valence-corrected chi connectivity index (χ2v) is 5.02. The smallest absolute Gasteiger partial charge is 0.113 e. The summed E-state index contributed by atoms with van der Waals surface area (Å²) in [7, 11) is 0. The lowest BCUT2D eigenvalue weighted by atomic mass is 10.1. The highest BCUT2D eigenvalue weighted by atomic mass is 35.5. The maximum Gasteiger partial charge on any atom is 0.113 e. The van der Waals surface area contributed by atoms with Crippen molar-refractivity contribution in [3.05, 3.63) is 53.6 Å². The summed E-state index contributed by atoms with van der Waals surface area (Å²) < 4.78 is 2.35. The number of aromatic nitrogens is 2. The highest BCUT2D eigenvalue weighted by Crippen LogP contribution is 2.23. The molecular weight excluding hydrogens is 293 g/mol. The third-order valence-electron chi connectivity index (χ3n) is 3.69. The highest BCUT2D eigenvalue weighted by molar-refractivity contribution is 5.85. The average Bonchev–Trinajstić information content (AvgIpc) is 3.02. The Morgan fingerprint density at radius 2 is 2.00 bits per heavy atom. The molecule has 3 rings (SSSR count). The molecule has 1 aliphatic heterocycles. The molecule has 2 aromatic rings. The predicted molar refractivity (Wildman–Crippen MR) is 87.2 cm³/mol. The van der Waals surface area contributed by atoms with E-state index < -0.39 is 0 Å². The van der Waals surface area contributed by atoms with Crippen LogP contribution in [-0.4, -0.2) is 22.6 Å².